The minimum absolute atomic E-state index is 0.504. The number of hydrogen-bond acceptors (Lipinski definition) is 1. The van der Waals surface area contributed by atoms with E-state index in [4.69, 9.17) is 16.3 Å². The Kier molecular flexibility index (Phi) is 3.47. The Morgan fingerprint density at radius 2 is 1.81 bits per heavy atom. The molecule has 0 atom stereocenters. The predicted octanol–water partition coefficient (Wildman–Crippen LogP) is 4.23. The topological polar surface area (TPSA) is 9.23 Å². The van der Waals surface area contributed by atoms with Crippen molar-refractivity contribution in [2.45, 2.75) is 13.5 Å². The van der Waals surface area contributed by atoms with E-state index in [2.05, 4.69) is 0 Å². The molecular weight excluding hydrogens is 220 g/mol. The van der Waals surface area contributed by atoms with Gasteiger partial charge in [0.1, 0.15) is 12.4 Å². The van der Waals surface area contributed by atoms with Crippen molar-refractivity contribution >= 4 is 11.6 Å². The second-order valence-corrected chi connectivity index (χ2v) is 4.10. The van der Waals surface area contributed by atoms with Crippen LogP contribution in [-0.4, -0.2) is 0 Å². The summed E-state index contributed by atoms with van der Waals surface area (Å²) in [6.07, 6.45) is 0. The van der Waals surface area contributed by atoms with E-state index in [1.54, 1.807) is 0 Å². The maximum Gasteiger partial charge on any atom is 0.119 e. The highest BCUT2D eigenvalue weighted by atomic mass is 35.5. The second-order valence-electron chi connectivity index (χ2n) is 3.70. The predicted molar refractivity (Wildman–Crippen MR) is 67.0 cm³/mol. The second kappa shape index (κ2) is 5.04. The Balaban J connectivity index is 2.08. The van der Waals surface area contributed by atoms with Crippen LogP contribution in [-0.2, 0) is 6.61 Å². The monoisotopic (exact) mass is 232 g/mol. The Hall–Kier alpha value is -1.47. The van der Waals surface area contributed by atoms with Gasteiger partial charge in [-0.05, 0) is 25.1 Å². The van der Waals surface area contributed by atoms with Crippen LogP contribution in [0.25, 0.3) is 0 Å². The fraction of sp³-hybridized carbons (Fsp3) is 0.143. The van der Waals surface area contributed by atoms with Crippen LogP contribution in [0, 0.1) is 6.92 Å². The average Bonchev–Trinajstić information content (AvgIpc) is 2.32. The highest BCUT2D eigenvalue weighted by molar-refractivity contribution is 6.31. The van der Waals surface area contributed by atoms with Crippen molar-refractivity contribution in [3.63, 3.8) is 0 Å². The molecule has 82 valence electrons. The molecule has 0 aromatic heterocycles. The number of rotatable bonds is 3. The molecule has 0 saturated heterocycles. The number of para-hydroxylation sites is 1. The van der Waals surface area contributed by atoms with E-state index in [0.29, 0.717) is 6.61 Å². The van der Waals surface area contributed by atoms with Crippen molar-refractivity contribution in [2.24, 2.45) is 0 Å². The molecule has 0 aliphatic heterocycles. The molecule has 0 saturated carbocycles. The smallest absolute Gasteiger partial charge is 0.119 e. The van der Waals surface area contributed by atoms with Gasteiger partial charge in [-0.15, -0.1) is 0 Å². The number of benzene rings is 2. The minimum atomic E-state index is 0.504. The first-order valence-corrected chi connectivity index (χ1v) is 5.56. The zero-order valence-corrected chi connectivity index (χ0v) is 9.87. The SMILES string of the molecule is Cc1ccc(Cl)c(COc2ccccc2)c1. The summed E-state index contributed by atoms with van der Waals surface area (Å²) in [5, 5.41) is 0.751. The van der Waals surface area contributed by atoms with Crippen LogP contribution in [0.15, 0.2) is 48.5 Å². The van der Waals surface area contributed by atoms with Crippen molar-refractivity contribution in [1.82, 2.24) is 0 Å². The molecule has 0 aliphatic carbocycles. The van der Waals surface area contributed by atoms with Gasteiger partial charge in [-0.3, -0.25) is 0 Å². The molecule has 0 unspecified atom stereocenters. The highest BCUT2D eigenvalue weighted by Crippen LogP contribution is 2.19. The molecule has 0 bridgehead atoms. The molecule has 2 aromatic rings. The summed E-state index contributed by atoms with van der Waals surface area (Å²) in [4.78, 5) is 0. The summed E-state index contributed by atoms with van der Waals surface area (Å²) in [6.45, 7) is 2.55. The number of ether oxygens (including phenoxy) is 1. The van der Waals surface area contributed by atoms with Gasteiger partial charge in [0.15, 0.2) is 0 Å². The molecule has 2 rings (SSSR count). The summed E-state index contributed by atoms with van der Waals surface area (Å²) in [5.41, 5.74) is 2.21. The number of halogens is 1. The Morgan fingerprint density at radius 1 is 1.06 bits per heavy atom. The zero-order valence-electron chi connectivity index (χ0n) is 9.11. The molecule has 0 fully saturated rings. The maximum atomic E-state index is 6.08. The maximum absolute atomic E-state index is 6.08. The third kappa shape index (κ3) is 2.77. The summed E-state index contributed by atoms with van der Waals surface area (Å²) in [5.74, 6) is 0.861. The van der Waals surface area contributed by atoms with Crippen molar-refractivity contribution in [1.29, 1.82) is 0 Å². The van der Waals surface area contributed by atoms with Gasteiger partial charge in [0.05, 0.1) is 0 Å². The van der Waals surface area contributed by atoms with Crippen molar-refractivity contribution in [3.8, 4) is 5.75 Å². The molecular formula is C14H13ClO. The van der Waals surface area contributed by atoms with Gasteiger partial charge >= 0.3 is 0 Å². The lowest BCUT2D eigenvalue weighted by atomic mass is 10.1. The summed E-state index contributed by atoms with van der Waals surface area (Å²) < 4.78 is 5.64. The quantitative estimate of drug-likeness (QED) is 0.770. The lowest BCUT2D eigenvalue weighted by Crippen LogP contribution is -1.96. The minimum Gasteiger partial charge on any atom is -0.489 e. The Bertz CT molecular complexity index is 465. The molecule has 0 aliphatic rings. The molecule has 0 heterocycles. The standard InChI is InChI=1S/C14H13ClO/c1-11-7-8-14(15)12(9-11)10-16-13-5-3-2-4-6-13/h2-9H,10H2,1H3. The van der Waals surface area contributed by atoms with E-state index < -0.39 is 0 Å². The lowest BCUT2D eigenvalue weighted by molar-refractivity contribution is 0.306. The van der Waals surface area contributed by atoms with Crippen LogP contribution in [0.2, 0.25) is 5.02 Å². The van der Waals surface area contributed by atoms with Crippen LogP contribution in [0.3, 0.4) is 0 Å². The number of hydrogen-bond donors (Lipinski definition) is 0. The van der Waals surface area contributed by atoms with E-state index in [1.807, 2.05) is 55.5 Å². The van der Waals surface area contributed by atoms with E-state index >= 15 is 0 Å². The fourth-order valence-electron chi connectivity index (χ4n) is 1.49. The fourth-order valence-corrected chi connectivity index (χ4v) is 1.66. The molecule has 16 heavy (non-hydrogen) atoms. The summed E-state index contributed by atoms with van der Waals surface area (Å²) in [7, 11) is 0. The van der Waals surface area contributed by atoms with Crippen LogP contribution in [0.4, 0.5) is 0 Å². The van der Waals surface area contributed by atoms with Gasteiger partial charge in [-0.1, -0.05) is 47.5 Å². The third-order valence-electron chi connectivity index (χ3n) is 2.34. The van der Waals surface area contributed by atoms with Crippen molar-refractivity contribution in [2.75, 3.05) is 0 Å². The molecule has 2 heteroatoms. The molecule has 0 N–H and O–H groups in total. The third-order valence-corrected chi connectivity index (χ3v) is 2.71. The number of aryl methyl sites for hydroxylation is 1. The lowest BCUT2D eigenvalue weighted by Gasteiger charge is -2.08. The molecule has 0 spiro atoms. The normalized spacial score (nSPS) is 10.1. The average molecular weight is 233 g/mol. The van der Waals surface area contributed by atoms with Gasteiger partial charge in [-0.2, -0.15) is 0 Å². The summed E-state index contributed by atoms with van der Waals surface area (Å²) >= 11 is 6.08. The van der Waals surface area contributed by atoms with Crippen LogP contribution >= 0.6 is 11.6 Å². The van der Waals surface area contributed by atoms with Crippen LogP contribution in [0.1, 0.15) is 11.1 Å². The van der Waals surface area contributed by atoms with Gasteiger partial charge in [0.2, 0.25) is 0 Å². The molecule has 2 aromatic carbocycles. The Labute approximate surface area is 101 Å². The van der Waals surface area contributed by atoms with E-state index in [9.17, 15) is 0 Å². The first-order valence-electron chi connectivity index (χ1n) is 5.18. The first kappa shape index (κ1) is 11.0. The van der Waals surface area contributed by atoms with E-state index in [1.165, 1.54) is 5.56 Å². The highest BCUT2D eigenvalue weighted by Gasteiger charge is 2.01. The van der Waals surface area contributed by atoms with Gasteiger partial charge < -0.3 is 4.74 Å². The first-order chi connectivity index (χ1) is 7.75. The zero-order chi connectivity index (χ0) is 11.4. The van der Waals surface area contributed by atoms with Gasteiger partial charge in [-0.25, -0.2) is 0 Å². The largest absolute Gasteiger partial charge is 0.489 e. The van der Waals surface area contributed by atoms with Gasteiger partial charge in [0.25, 0.3) is 0 Å². The van der Waals surface area contributed by atoms with Crippen molar-refractivity contribution < 1.29 is 4.74 Å². The van der Waals surface area contributed by atoms with E-state index in [-0.39, 0.29) is 0 Å². The summed E-state index contributed by atoms with van der Waals surface area (Å²) in [6, 6.07) is 15.7. The van der Waals surface area contributed by atoms with Crippen molar-refractivity contribution in [3.05, 3.63) is 64.7 Å². The molecule has 1 nitrogen and oxygen atoms in total. The van der Waals surface area contributed by atoms with Gasteiger partial charge in [0, 0.05) is 10.6 Å². The van der Waals surface area contributed by atoms with E-state index in [0.717, 1.165) is 16.3 Å². The molecule has 0 amide bonds. The molecule has 0 radical (unpaired) electrons. The van der Waals surface area contributed by atoms with Crippen LogP contribution in [0.5, 0.6) is 5.75 Å². The Morgan fingerprint density at radius 3 is 2.56 bits per heavy atom. The van der Waals surface area contributed by atoms with Crippen LogP contribution < -0.4 is 4.74 Å².